The van der Waals surface area contributed by atoms with Crippen LogP contribution >= 0.6 is 15.9 Å². The summed E-state index contributed by atoms with van der Waals surface area (Å²) in [6.45, 7) is 2.88. The normalized spacial score (nSPS) is 25.7. The number of nitrogens with two attached hydrogens (primary N) is 1. The van der Waals surface area contributed by atoms with Crippen LogP contribution < -0.4 is 5.73 Å². The molecule has 1 saturated heterocycles. The average Bonchev–Trinajstić information content (AvgIpc) is 2.70. The Morgan fingerprint density at radius 2 is 2.16 bits per heavy atom. The molecule has 0 spiro atoms. The van der Waals surface area contributed by atoms with Crippen LogP contribution in [-0.2, 0) is 17.1 Å². The van der Waals surface area contributed by atoms with Gasteiger partial charge in [0.2, 0.25) is 5.03 Å². The summed E-state index contributed by atoms with van der Waals surface area (Å²) in [6, 6.07) is -0.0328. The second-order valence-electron chi connectivity index (χ2n) is 4.91. The van der Waals surface area contributed by atoms with Gasteiger partial charge in [0.15, 0.2) is 4.60 Å². The lowest BCUT2D eigenvalue weighted by molar-refractivity contribution is 0.210. The summed E-state index contributed by atoms with van der Waals surface area (Å²) in [5.74, 6) is 0.214. The number of halogens is 1. The summed E-state index contributed by atoms with van der Waals surface area (Å²) in [7, 11) is -2.03. The molecule has 2 rings (SSSR count). The highest BCUT2D eigenvalue weighted by Crippen LogP contribution is 2.29. The predicted molar refractivity (Wildman–Crippen MR) is 73.8 cm³/mol. The van der Waals surface area contributed by atoms with Crippen LogP contribution in [0.25, 0.3) is 0 Å². The molecule has 1 aliphatic rings. The Bertz CT molecular complexity index is 539. The highest BCUT2D eigenvalue weighted by molar-refractivity contribution is 9.10. The molecule has 1 aromatic rings. The van der Waals surface area contributed by atoms with E-state index in [1.54, 1.807) is 7.05 Å². The number of aromatic nitrogens is 3. The molecule has 0 radical (unpaired) electrons. The molecule has 1 fully saturated rings. The Labute approximate surface area is 121 Å². The summed E-state index contributed by atoms with van der Waals surface area (Å²) in [5, 5.41) is 7.57. The maximum Gasteiger partial charge on any atom is 0.263 e. The Hall–Kier alpha value is -0.510. The van der Waals surface area contributed by atoms with Crippen molar-refractivity contribution in [3.05, 3.63) is 4.60 Å². The maximum atomic E-state index is 12.7. The van der Waals surface area contributed by atoms with Gasteiger partial charge in [-0.3, -0.25) is 0 Å². The molecule has 0 amide bonds. The number of aryl methyl sites for hydroxylation is 1. The molecular weight excluding hydrogens is 334 g/mol. The van der Waals surface area contributed by atoms with E-state index in [0.29, 0.717) is 13.1 Å². The molecule has 0 aromatic carbocycles. The van der Waals surface area contributed by atoms with Crippen LogP contribution in [0.3, 0.4) is 0 Å². The molecular formula is C10H18BrN5O2S. The minimum absolute atomic E-state index is 0.0328. The van der Waals surface area contributed by atoms with Crippen molar-refractivity contribution in [2.75, 3.05) is 13.1 Å². The van der Waals surface area contributed by atoms with Crippen LogP contribution in [0.1, 0.15) is 19.8 Å². The Morgan fingerprint density at radius 1 is 1.47 bits per heavy atom. The highest BCUT2D eigenvalue weighted by atomic mass is 79.9. The van der Waals surface area contributed by atoms with E-state index in [4.69, 9.17) is 5.73 Å². The monoisotopic (exact) mass is 351 g/mol. The standard InChI is InChI=1S/C10H18BrN5O2S/c1-7-3-4-8(5-12)6-16(7)19(17,18)10-9(11)13-14-15(10)2/h7-8H,3-6,12H2,1-2H3. The second-order valence-corrected chi connectivity index (χ2v) is 7.47. The lowest BCUT2D eigenvalue weighted by atomic mass is 9.96. The molecule has 2 N–H and O–H groups in total. The average molecular weight is 352 g/mol. The number of nitrogens with zero attached hydrogens (tertiary/aromatic N) is 4. The first-order chi connectivity index (χ1) is 8.87. The van der Waals surface area contributed by atoms with Crippen molar-refractivity contribution in [1.82, 2.24) is 19.3 Å². The van der Waals surface area contributed by atoms with E-state index < -0.39 is 10.0 Å². The minimum Gasteiger partial charge on any atom is -0.330 e. The summed E-state index contributed by atoms with van der Waals surface area (Å²) < 4.78 is 28.5. The van der Waals surface area contributed by atoms with E-state index in [2.05, 4.69) is 26.2 Å². The zero-order valence-electron chi connectivity index (χ0n) is 11.0. The molecule has 7 nitrogen and oxygen atoms in total. The highest BCUT2D eigenvalue weighted by Gasteiger charge is 2.37. The third-order valence-corrected chi connectivity index (χ3v) is 6.42. The van der Waals surface area contributed by atoms with E-state index in [1.807, 2.05) is 6.92 Å². The van der Waals surface area contributed by atoms with Crippen molar-refractivity contribution in [1.29, 1.82) is 0 Å². The van der Waals surface area contributed by atoms with Gasteiger partial charge in [0.25, 0.3) is 10.0 Å². The number of hydrogen-bond donors (Lipinski definition) is 1. The molecule has 0 aliphatic carbocycles. The zero-order chi connectivity index (χ0) is 14.2. The van der Waals surface area contributed by atoms with Crippen LogP contribution in [-0.4, -0.2) is 46.8 Å². The summed E-state index contributed by atoms with van der Waals surface area (Å²) in [4.78, 5) is 0. The fourth-order valence-corrected chi connectivity index (χ4v) is 5.16. The van der Waals surface area contributed by atoms with Gasteiger partial charge in [0, 0.05) is 19.6 Å². The first-order valence-electron chi connectivity index (χ1n) is 6.15. The minimum atomic E-state index is -3.60. The summed E-state index contributed by atoms with van der Waals surface area (Å²) >= 11 is 3.15. The van der Waals surface area contributed by atoms with Crippen molar-refractivity contribution in [3.8, 4) is 0 Å². The molecule has 0 bridgehead atoms. The van der Waals surface area contributed by atoms with Gasteiger partial charge in [-0.25, -0.2) is 13.1 Å². The molecule has 2 heterocycles. The number of piperidine rings is 1. The van der Waals surface area contributed by atoms with E-state index in [9.17, 15) is 8.42 Å². The smallest absolute Gasteiger partial charge is 0.263 e. The van der Waals surface area contributed by atoms with E-state index in [-0.39, 0.29) is 21.6 Å². The van der Waals surface area contributed by atoms with Gasteiger partial charge in [-0.2, -0.15) is 4.31 Å². The van der Waals surface area contributed by atoms with E-state index in [0.717, 1.165) is 12.8 Å². The summed E-state index contributed by atoms with van der Waals surface area (Å²) in [6.07, 6.45) is 1.79. The van der Waals surface area contributed by atoms with E-state index in [1.165, 1.54) is 8.99 Å². The first-order valence-corrected chi connectivity index (χ1v) is 8.38. The van der Waals surface area contributed by atoms with Crippen LogP contribution in [0.4, 0.5) is 0 Å². The largest absolute Gasteiger partial charge is 0.330 e. The van der Waals surface area contributed by atoms with Crippen molar-refractivity contribution < 1.29 is 8.42 Å². The quantitative estimate of drug-likeness (QED) is 0.846. The first kappa shape index (κ1) is 14.9. The lowest BCUT2D eigenvalue weighted by Crippen LogP contribution is -2.47. The Balaban J connectivity index is 2.38. The Kier molecular flexibility index (Phi) is 4.29. The van der Waals surface area contributed by atoms with Crippen LogP contribution in [0, 0.1) is 5.92 Å². The number of sulfonamides is 1. The zero-order valence-corrected chi connectivity index (χ0v) is 13.4. The summed E-state index contributed by atoms with van der Waals surface area (Å²) in [5.41, 5.74) is 5.67. The van der Waals surface area contributed by atoms with Crippen LogP contribution in [0.15, 0.2) is 9.63 Å². The topological polar surface area (TPSA) is 94.1 Å². The molecule has 1 aromatic heterocycles. The van der Waals surface area contributed by atoms with Crippen molar-refractivity contribution >= 4 is 26.0 Å². The lowest BCUT2D eigenvalue weighted by Gasteiger charge is -2.36. The SMILES string of the molecule is CC1CCC(CN)CN1S(=O)(=O)c1c(Br)nnn1C. The molecule has 1 aliphatic heterocycles. The number of rotatable bonds is 3. The van der Waals surface area contributed by atoms with Gasteiger partial charge in [0.05, 0.1) is 0 Å². The fourth-order valence-electron chi connectivity index (χ4n) is 2.38. The van der Waals surface area contributed by atoms with Gasteiger partial charge in [-0.15, -0.1) is 5.10 Å². The van der Waals surface area contributed by atoms with Gasteiger partial charge in [-0.05, 0) is 48.2 Å². The van der Waals surface area contributed by atoms with Crippen LogP contribution in [0.5, 0.6) is 0 Å². The predicted octanol–water partition coefficient (Wildman–Crippen LogP) is 0.326. The third-order valence-electron chi connectivity index (χ3n) is 3.55. The molecule has 9 heteroatoms. The van der Waals surface area contributed by atoms with Crippen molar-refractivity contribution in [3.63, 3.8) is 0 Å². The third kappa shape index (κ3) is 2.69. The van der Waals surface area contributed by atoms with Crippen molar-refractivity contribution in [2.45, 2.75) is 30.8 Å². The van der Waals surface area contributed by atoms with Gasteiger partial charge < -0.3 is 5.73 Å². The van der Waals surface area contributed by atoms with Gasteiger partial charge in [-0.1, -0.05) is 5.21 Å². The maximum absolute atomic E-state index is 12.7. The van der Waals surface area contributed by atoms with Crippen LogP contribution in [0.2, 0.25) is 0 Å². The molecule has 19 heavy (non-hydrogen) atoms. The van der Waals surface area contributed by atoms with Gasteiger partial charge >= 0.3 is 0 Å². The Morgan fingerprint density at radius 3 is 2.68 bits per heavy atom. The molecule has 2 unspecified atom stereocenters. The van der Waals surface area contributed by atoms with Crippen molar-refractivity contribution in [2.24, 2.45) is 18.7 Å². The van der Waals surface area contributed by atoms with Gasteiger partial charge in [0.1, 0.15) is 0 Å². The fraction of sp³-hybridized carbons (Fsp3) is 0.800. The molecule has 2 atom stereocenters. The second kappa shape index (κ2) is 5.47. The van der Waals surface area contributed by atoms with E-state index >= 15 is 0 Å². The molecule has 0 saturated carbocycles. The molecule has 108 valence electrons. The number of hydrogen-bond acceptors (Lipinski definition) is 5.